The van der Waals surface area contributed by atoms with E-state index in [2.05, 4.69) is 0 Å². The minimum Gasteiger partial charge on any atom is -0.478 e. The molecule has 1 unspecified atom stereocenters. The standard InChI is InChI=1S/C16H13IO3/c17-10-14(16(19)20)15(18)13-8-6-12(7-9-13)11-4-2-1-3-5-11/h1-10,15,18H,(H,19,20). The van der Waals surface area contributed by atoms with Crippen LogP contribution in [0.5, 0.6) is 0 Å². The largest absolute Gasteiger partial charge is 0.478 e. The van der Waals surface area contributed by atoms with Crippen molar-refractivity contribution < 1.29 is 15.0 Å². The van der Waals surface area contributed by atoms with E-state index in [0.29, 0.717) is 5.56 Å². The Morgan fingerprint density at radius 2 is 1.55 bits per heavy atom. The zero-order chi connectivity index (χ0) is 14.5. The molecule has 4 heteroatoms. The average Bonchev–Trinajstić information content (AvgIpc) is 2.48. The Labute approximate surface area is 130 Å². The van der Waals surface area contributed by atoms with Crippen LogP contribution in [0.2, 0.25) is 0 Å². The molecule has 2 N–H and O–H groups in total. The van der Waals surface area contributed by atoms with Crippen molar-refractivity contribution in [3.05, 3.63) is 69.8 Å². The van der Waals surface area contributed by atoms with Gasteiger partial charge in [0.1, 0.15) is 6.10 Å². The Balaban J connectivity index is 2.27. The van der Waals surface area contributed by atoms with Gasteiger partial charge in [-0.2, -0.15) is 0 Å². The fourth-order valence-corrected chi connectivity index (χ4v) is 2.50. The topological polar surface area (TPSA) is 57.5 Å². The summed E-state index contributed by atoms with van der Waals surface area (Å²) in [6.07, 6.45) is -1.12. The molecular weight excluding hydrogens is 367 g/mol. The highest BCUT2D eigenvalue weighted by Gasteiger charge is 2.19. The summed E-state index contributed by atoms with van der Waals surface area (Å²) in [5.41, 5.74) is 2.64. The van der Waals surface area contributed by atoms with Crippen molar-refractivity contribution >= 4 is 28.6 Å². The summed E-state index contributed by atoms with van der Waals surface area (Å²) in [7, 11) is 0. The van der Waals surface area contributed by atoms with Gasteiger partial charge in [0.2, 0.25) is 0 Å². The molecule has 0 radical (unpaired) electrons. The Bertz CT molecular complexity index is 618. The number of aliphatic carboxylic acids is 1. The molecule has 0 aromatic heterocycles. The third kappa shape index (κ3) is 3.26. The highest BCUT2D eigenvalue weighted by atomic mass is 127. The van der Waals surface area contributed by atoms with E-state index in [1.807, 2.05) is 65.1 Å². The smallest absolute Gasteiger partial charge is 0.335 e. The molecule has 0 amide bonds. The third-order valence-corrected chi connectivity index (χ3v) is 3.66. The molecule has 0 bridgehead atoms. The summed E-state index contributed by atoms with van der Waals surface area (Å²) in [5, 5.41) is 19.1. The first kappa shape index (κ1) is 14.7. The molecule has 0 saturated carbocycles. The van der Waals surface area contributed by atoms with Crippen LogP contribution in [0.3, 0.4) is 0 Å². The zero-order valence-electron chi connectivity index (χ0n) is 10.5. The van der Waals surface area contributed by atoms with Crippen molar-refractivity contribution in [3.8, 4) is 11.1 Å². The highest BCUT2D eigenvalue weighted by Crippen LogP contribution is 2.26. The van der Waals surface area contributed by atoms with E-state index in [9.17, 15) is 9.90 Å². The second-order valence-corrected chi connectivity index (χ2v) is 4.88. The number of carbonyl (C=O) groups is 1. The Morgan fingerprint density at radius 1 is 1.00 bits per heavy atom. The summed E-state index contributed by atoms with van der Waals surface area (Å²) in [6.45, 7) is 0. The van der Waals surface area contributed by atoms with Crippen LogP contribution in [0, 0.1) is 0 Å². The molecule has 0 fully saturated rings. The van der Waals surface area contributed by atoms with E-state index in [4.69, 9.17) is 5.11 Å². The van der Waals surface area contributed by atoms with E-state index < -0.39 is 12.1 Å². The molecule has 3 nitrogen and oxygen atoms in total. The lowest BCUT2D eigenvalue weighted by molar-refractivity contribution is -0.133. The van der Waals surface area contributed by atoms with Crippen molar-refractivity contribution in [3.63, 3.8) is 0 Å². The minimum atomic E-state index is -1.12. The molecule has 2 aromatic rings. The number of hydrogen-bond donors (Lipinski definition) is 2. The molecular formula is C16H13IO3. The Morgan fingerprint density at radius 3 is 2.05 bits per heavy atom. The molecule has 2 aromatic carbocycles. The Hall–Kier alpha value is -1.66. The third-order valence-electron chi connectivity index (χ3n) is 2.99. The van der Waals surface area contributed by atoms with Crippen molar-refractivity contribution in [2.45, 2.75) is 6.10 Å². The summed E-state index contributed by atoms with van der Waals surface area (Å²) in [4.78, 5) is 11.0. The van der Waals surface area contributed by atoms with Gasteiger partial charge in [-0.15, -0.1) is 0 Å². The quantitative estimate of drug-likeness (QED) is 0.627. The Kier molecular flexibility index (Phi) is 4.92. The van der Waals surface area contributed by atoms with E-state index in [1.54, 1.807) is 12.1 Å². The van der Waals surface area contributed by atoms with Gasteiger partial charge in [0.15, 0.2) is 0 Å². The minimum absolute atomic E-state index is 0.0296. The first-order valence-corrected chi connectivity index (χ1v) is 7.25. The van der Waals surface area contributed by atoms with Crippen LogP contribution in [0.4, 0.5) is 0 Å². The van der Waals surface area contributed by atoms with Crippen LogP contribution in [0.1, 0.15) is 11.7 Å². The monoisotopic (exact) mass is 380 g/mol. The number of benzene rings is 2. The van der Waals surface area contributed by atoms with Gasteiger partial charge in [0.05, 0.1) is 5.57 Å². The van der Waals surface area contributed by atoms with Gasteiger partial charge in [-0.25, -0.2) is 4.79 Å². The van der Waals surface area contributed by atoms with Crippen molar-refractivity contribution in [2.24, 2.45) is 0 Å². The number of aliphatic hydroxyl groups is 1. The molecule has 1 atom stereocenters. The maximum absolute atomic E-state index is 11.0. The molecule has 0 aliphatic carbocycles. The first-order chi connectivity index (χ1) is 9.63. The van der Waals surface area contributed by atoms with Crippen LogP contribution in [-0.4, -0.2) is 16.2 Å². The summed E-state index contributed by atoms with van der Waals surface area (Å²) >= 11 is 1.82. The van der Waals surface area contributed by atoms with Crippen LogP contribution >= 0.6 is 22.6 Å². The fraction of sp³-hybridized carbons (Fsp3) is 0.0625. The number of carboxylic acids is 1. The number of halogens is 1. The van der Waals surface area contributed by atoms with Crippen LogP contribution in [-0.2, 0) is 4.79 Å². The van der Waals surface area contributed by atoms with Crippen molar-refractivity contribution in [2.75, 3.05) is 0 Å². The van der Waals surface area contributed by atoms with Gasteiger partial charge < -0.3 is 10.2 Å². The van der Waals surface area contributed by atoms with Gasteiger partial charge in [-0.3, -0.25) is 0 Å². The van der Waals surface area contributed by atoms with Crippen LogP contribution in [0.15, 0.2) is 64.3 Å². The number of hydrogen-bond acceptors (Lipinski definition) is 2. The number of rotatable bonds is 4. The molecule has 0 heterocycles. The maximum Gasteiger partial charge on any atom is 0.335 e. The predicted octanol–water partition coefficient (Wildman–Crippen LogP) is 3.79. The highest BCUT2D eigenvalue weighted by molar-refractivity contribution is 14.1. The molecule has 0 aliphatic rings. The second-order valence-electron chi connectivity index (χ2n) is 4.26. The van der Waals surface area contributed by atoms with Crippen molar-refractivity contribution in [1.82, 2.24) is 0 Å². The van der Waals surface area contributed by atoms with Gasteiger partial charge >= 0.3 is 5.97 Å². The molecule has 0 spiro atoms. The zero-order valence-corrected chi connectivity index (χ0v) is 12.7. The SMILES string of the molecule is O=C(O)C(=CI)C(O)c1ccc(-c2ccccc2)cc1. The number of aliphatic hydroxyl groups excluding tert-OH is 1. The van der Waals surface area contributed by atoms with Gasteiger partial charge in [0, 0.05) is 0 Å². The lowest BCUT2D eigenvalue weighted by Gasteiger charge is -2.12. The van der Waals surface area contributed by atoms with E-state index in [1.165, 1.54) is 4.08 Å². The lowest BCUT2D eigenvalue weighted by Crippen LogP contribution is -2.10. The van der Waals surface area contributed by atoms with Crippen LogP contribution in [0.25, 0.3) is 11.1 Å². The second kappa shape index (κ2) is 6.67. The summed E-state index contributed by atoms with van der Waals surface area (Å²) in [5.74, 6) is -1.11. The van der Waals surface area contributed by atoms with E-state index in [-0.39, 0.29) is 5.57 Å². The van der Waals surface area contributed by atoms with Gasteiger partial charge in [0.25, 0.3) is 0 Å². The molecule has 20 heavy (non-hydrogen) atoms. The van der Waals surface area contributed by atoms with Gasteiger partial charge in [-0.1, -0.05) is 77.2 Å². The van der Waals surface area contributed by atoms with E-state index >= 15 is 0 Å². The average molecular weight is 380 g/mol. The number of carboxylic acid groups (broad SMARTS) is 1. The molecule has 0 aliphatic heterocycles. The normalized spacial score (nSPS) is 13.0. The van der Waals surface area contributed by atoms with Crippen molar-refractivity contribution in [1.29, 1.82) is 0 Å². The predicted molar refractivity (Wildman–Crippen MR) is 86.6 cm³/mol. The molecule has 0 saturated heterocycles. The first-order valence-electron chi connectivity index (χ1n) is 6.00. The van der Waals surface area contributed by atoms with Gasteiger partial charge in [-0.05, 0) is 20.8 Å². The fourth-order valence-electron chi connectivity index (χ4n) is 1.89. The van der Waals surface area contributed by atoms with Crippen LogP contribution < -0.4 is 0 Å². The summed E-state index contributed by atoms with van der Waals surface area (Å²) < 4.78 is 1.38. The molecule has 2 rings (SSSR count). The lowest BCUT2D eigenvalue weighted by atomic mass is 9.99. The van der Waals surface area contributed by atoms with E-state index in [0.717, 1.165) is 11.1 Å². The summed E-state index contributed by atoms with van der Waals surface area (Å²) in [6, 6.07) is 17.1. The maximum atomic E-state index is 11.0. The molecule has 102 valence electrons.